The lowest BCUT2D eigenvalue weighted by Crippen LogP contribution is -2.41. The van der Waals surface area contributed by atoms with Crippen molar-refractivity contribution in [3.05, 3.63) is 60.2 Å². The first-order valence-electron chi connectivity index (χ1n) is 7.71. The lowest BCUT2D eigenvalue weighted by Gasteiger charge is -2.25. The minimum absolute atomic E-state index is 0.269. The Morgan fingerprint density at radius 2 is 1.76 bits per heavy atom. The molecular weight excluding hydrogens is 340 g/mol. The Bertz CT molecular complexity index is 822. The van der Waals surface area contributed by atoms with Crippen LogP contribution in [0.3, 0.4) is 0 Å². The fraction of sp³-hybridized carbons (Fsp3) is 0.278. The standard InChI is InChI=1S/C18H22N2O4S/c1-19(13-15-8-5-4-6-9-15)18(21)14-20(25(3,22)23)16-10-7-11-17(12-16)24-2/h4-12H,13-14H2,1-3H3. The number of methoxy groups -OCH3 is 1. The van der Waals surface area contributed by atoms with Gasteiger partial charge in [-0.25, -0.2) is 8.42 Å². The van der Waals surface area contributed by atoms with Crippen molar-refractivity contribution in [2.24, 2.45) is 0 Å². The number of nitrogens with zero attached hydrogens (tertiary/aromatic N) is 2. The number of likely N-dealkylation sites (N-methyl/N-ethyl adjacent to an activating group) is 1. The van der Waals surface area contributed by atoms with Crippen molar-refractivity contribution in [3.8, 4) is 5.75 Å². The number of amides is 1. The second-order valence-electron chi connectivity index (χ2n) is 5.71. The summed E-state index contributed by atoms with van der Waals surface area (Å²) < 4.78 is 30.5. The van der Waals surface area contributed by atoms with E-state index in [1.54, 1.807) is 31.3 Å². The average molecular weight is 362 g/mol. The second-order valence-corrected chi connectivity index (χ2v) is 7.61. The predicted molar refractivity (Wildman–Crippen MR) is 98.1 cm³/mol. The van der Waals surface area contributed by atoms with Crippen LogP contribution in [0.15, 0.2) is 54.6 Å². The van der Waals surface area contributed by atoms with Crippen LogP contribution in [0.4, 0.5) is 5.69 Å². The third kappa shape index (κ3) is 5.22. The number of carbonyl (C=O) groups is 1. The van der Waals surface area contributed by atoms with Crippen molar-refractivity contribution >= 4 is 21.6 Å². The van der Waals surface area contributed by atoms with Crippen molar-refractivity contribution in [2.75, 3.05) is 31.3 Å². The molecule has 0 atom stereocenters. The van der Waals surface area contributed by atoms with Crippen LogP contribution in [0.5, 0.6) is 5.75 Å². The van der Waals surface area contributed by atoms with Gasteiger partial charge in [0.25, 0.3) is 0 Å². The summed E-state index contributed by atoms with van der Waals surface area (Å²) in [5.74, 6) is 0.230. The molecule has 0 aliphatic heterocycles. The van der Waals surface area contributed by atoms with Crippen LogP contribution in [0, 0.1) is 0 Å². The minimum atomic E-state index is -3.61. The Kier molecular flexibility index (Phi) is 6.03. The number of carbonyl (C=O) groups excluding carboxylic acids is 1. The largest absolute Gasteiger partial charge is 0.497 e. The Labute approximate surface area is 148 Å². The molecule has 25 heavy (non-hydrogen) atoms. The van der Waals surface area contributed by atoms with Gasteiger partial charge in [0, 0.05) is 19.7 Å². The lowest BCUT2D eigenvalue weighted by molar-refractivity contribution is -0.128. The number of ether oxygens (including phenoxy) is 1. The number of hydrogen-bond donors (Lipinski definition) is 0. The zero-order valence-electron chi connectivity index (χ0n) is 14.5. The molecule has 0 aromatic heterocycles. The fourth-order valence-electron chi connectivity index (χ4n) is 2.35. The summed E-state index contributed by atoms with van der Waals surface area (Å²) in [5, 5.41) is 0. The number of anilines is 1. The summed E-state index contributed by atoms with van der Waals surface area (Å²) in [7, 11) is -0.457. The molecule has 0 N–H and O–H groups in total. The zero-order chi connectivity index (χ0) is 18.4. The SMILES string of the molecule is COc1cccc(N(CC(=O)N(C)Cc2ccccc2)S(C)(=O)=O)c1. The smallest absolute Gasteiger partial charge is 0.243 e. The minimum Gasteiger partial charge on any atom is -0.497 e. The number of rotatable bonds is 7. The van der Waals surface area contributed by atoms with Crippen LogP contribution < -0.4 is 9.04 Å². The van der Waals surface area contributed by atoms with E-state index in [4.69, 9.17) is 4.74 Å². The molecule has 134 valence electrons. The fourth-order valence-corrected chi connectivity index (χ4v) is 3.20. The molecule has 0 heterocycles. The highest BCUT2D eigenvalue weighted by Crippen LogP contribution is 2.23. The van der Waals surface area contributed by atoms with Gasteiger partial charge in [-0.15, -0.1) is 0 Å². The van der Waals surface area contributed by atoms with Gasteiger partial charge in [0.05, 0.1) is 19.1 Å². The molecule has 7 heteroatoms. The topological polar surface area (TPSA) is 66.9 Å². The number of hydrogen-bond acceptors (Lipinski definition) is 4. The van der Waals surface area contributed by atoms with Gasteiger partial charge in [-0.3, -0.25) is 9.10 Å². The van der Waals surface area contributed by atoms with E-state index in [1.165, 1.54) is 12.0 Å². The predicted octanol–water partition coefficient (Wildman–Crippen LogP) is 2.12. The molecule has 2 rings (SSSR count). The Morgan fingerprint density at radius 3 is 2.36 bits per heavy atom. The molecule has 6 nitrogen and oxygen atoms in total. The van der Waals surface area contributed by atoms with Gasteiger partial charge in [0.15, 0.2) is 0 Å². The molecule has 0 radical (unpaired) electrons. The highest BCUT2D eigenvalue weighted by Gasteiger charge is 2.23. The van der Waals surface area contributed by atoms with Crippen LogP contribution in [0.2, 0.25) is 0 Å². The Hall–Kier alpha value is -2.54. The molecule has 0 aliphatic carbocycles. The third-order valence-electron chi connectivity index (χ3n) is 3.71. The van der Waals surface area contributed by atoms with E-state index in [1.807, 2.05) is 30.3 Å². The summed E-state index contributed by atoms with van der Waals surface area (Å²) in [6.07, 6.45) is 1.08. The summed E-state index contributed by atoms with van der Waals surface area (Å²) in [6.45, 7) is 0.144. The molecule has 0 aliphatic rings. The Balaban J connectivity index is 2.18. The normalized spacial score (nSPS) is 11.0. The molecule has 0 unspecified atom stereocenters. The van der Waals surface area contributed by atoms with E-state index in [-0.39, 0.29) is 12.5 Å². The van der Waals surface area contributed by atoms with Gasteiger partial charge < -0.3 is 9.64 Å². The second kappa shape index (κ2) is 8.02. The summed E-state index contributed by atoms with van der Waals surface area (Å²) in [6, 6.07) is 16.1. The molecule has 2 aromatic carbocycles. The van der Waals surface area contributed by atoms with Gasteiger partial charge in [-0.1, -0.05) is 36.4 Å². The van der Waals surface area contributed by atoms with E-state index < -0.39 is 10.0 Å². The van der Waals surface area contributed by atoms with Crippen LogP contribution in [0.1, 0.15) is 5.56 Å². The monoisotopic (exact) mass is 362 g/mol. The van der Waals surface area contributed by atoms with E-state index in [0.717, 1.165) is 16.1 Å². The molecule has 0 saturated carbocycles. The van der Waals surface area contributed by atoms with Gasteiger partial charge in [0.2, 0.25) is 15.9 Å². The van der Waals surface area contributed by atoms with Crippen molar-refractivity contribution in [3.63, 3.8) is 0 Å². The van der Waals surface area contributed by atoms with Crippen molar-refractivity contribution in [1.82, 2.24) is 4.90 Å². The Morgan fingerprint density at radius 1 is 1.08 bits per heavy atom. The molecular formula is C18H22N2O4S. The van der Waals surface area contributed by atoms with Gasteiger partial charge in [-0.2, -0.15) is 0 Å². The van der Waals surface area contributed by atoms with Crippen molar-refractivity contribution in [1.29, 1.82) is 0 Å². The summed E-state index contributed by atoms with van der Waals surface area (Å²) in [5.41, 5.74) is 1.37. The van der Waals surface area contributed by atoms with Crippen LogP contribution in [-0.2, 0) is 21.4 Å². The number of benzene rings is 2. The zero-order valence-corrected chi connectivity index (χ0v) is 15.4. The van der Waals surface area contributed by atoms with E-state index in [2.05, 4.69) is 0 Å². The first-order valence-corrected chi connectivity index (χ1v) is 9.56. The van der Waals surface area contributed by atoms with Gasteiger partial charge in [-0.05, 0) is 17.7 Å². The first kappa shape index (κ1) is 18.8. The molecule has 2 aromatic rings. The van der Waals surface area contributed by atoms with Gasteiger partial charge in [0.1, 0.15) is 12.3 Å². The molecule has 1 amide bonds. The maximum absolute atomic E-state index is 12.5. The van der Waals surface area contributed by atoms with Crippen LogP contribution >= 0.6 is 0 Å². The maximum atomic E-state index is 12.5. The quantitative estimate of drug-likeness (QED) is 0.757. The highest BCUT2D eigenvalue weighted by atomic mass is 32.2. The van der Waals surface area contributed by atoms with Crippen molar-refractivity contribution < 1.29 is 17.9 Å². The number of sulfonamides is 1. The van der Waals surface area contributed by atoms with Gasteiger partial charge >= 0.3 is 0 Å². The average Bonchev–Trinajstić information content (AvgIpc) is 2.59. The summed E-state index contributed by atoms with van der Waals surface area (Å²) in [4.78, 5) is 14.0. The van der Waals surface area contributed by atoms with E-state index in [9.17, 15) is 13.2 Å². The van der Waals surface area contributed by atoms with E-state index in [0.29, 0.717) is 18.0 Å². The molecule has 0 saturated heterocycles. The van der Waals surface area contributed by atoms with Crippen molar-refractivity contribution in [2.45, 2.75) is 6.54 Å². The van der Waals surface area contributed by atoms with Crippen LogP contribution in [0.25, 0.3) is 0 Å². The first-order chi connectivity index (χ1) is 11.8. The highest BCUT2D eigenvalue weighted by molar-refractivity contribution is 7.92. The van der Waals surface area contributed by atoms with Crippen LogP contribution in [-0.4, -0.2) is 46.2 Å². The lowest BCUT2D eigenvalue weighted by atomic mass is 10.2. The van der Waals surface area contributed by atoms with E-state index >= 15 is 0 Å². The summed E-state index contributed by atoms with van der Waals surface area (Å²) >= 11 is 0. The third-order valence-corrected chi connectivity index (χ3v) is 4.85. The molecule has 0 spiro atoms. The maximum Gasteiger partial charge on any atom is 0.243 e. The molecule has 0 bridgehead atoms. The molecule has 0 fully saturated rings.